The van der Waals surface area contributed by atoms with E-state index < -0.39 is 0 Å². The Balaban J connectivity index is 0.000000561. The molecule has 0 aliphatic carbocycles. The van der Waals surface area contributed by atoms with E-state index in [1.165, 1.54) is 24.8 Å². The summed E-state index contributed by atoms with van der Waals surface area (Å²) >= 11 is 0.300. The summed E-state index contributed by atoms with van der Waals surface area (Å²) < 4.78 is 8.34. The van der Waals surface area contributed by atoms with Crippen LogP contribution in [0.2, 0.25) is 0 Å². The van der Waals surface area contributed by atoms with Crippen LogP contribution in [0, 0.1) is 0 Å². The molecule has 0 bridgehead atoms. The van der Waals surface area contributed by atoms with Crippen molar-refractivity contribution in [2.24, 2.45) is 0 Å². The van der Waals surface area contributed by atoms with Gasteiger partial charge in [0.2, 0.25) is 0 Å². The molecule has 0 aromatic heterocycles. The summed E-state index contributed by atoms with van der Waals surface area (Å²) in [4.78, 5) is 0. The van der Waals surface area contributed by atoms with Crippen LogP contribution in [0.4, 0.5) is 0 Å². The quantitative estimate of drug-likeness (QED) is 0.770. The third kappa shape index (κ3) is 5.47. The predicted molar refractivity (Wildman–Crippen MR) is 51.5 cm³/mol. The van der Waals surface area contributed by atoms with Gasteiger partial charge in [-0.15, -0.1) is 0 Å². The van der Waals surface area contributed by atoms with Crippen molar-refractivity contribution in [3.63, 3.8) is 0 Å². The number of hydrogen-bond donors (Lipinski definition) is 0. The molecule has 2 radical (unpaired) electrons. The Morgan fingerprint density at radius 3 is 2.25 bits per heavy atom. The molecule has 0 heterocycles. The van der Waals surface area contributed by atoms with Crippen LogP contribution in [-0.2, 0) is 9.50 Å². The van der Waals surface area contributed by atoms with Crippen molar-refractivity contribution in [2.45, 2.75) is 26.2 Å². The summed E-state index contributed by atoms with van der Waals surface area (Å²) in [6, 6.07) is 10.6. The molecule has 1 aromatic carbocycles. The molecular weight excluding hydrogens is 255 g/mol. The van der Waals surface area contributed by atoms with Crippen LogP contribution < -0.4 is 0 Å². The zero-order chi connectivity index (χ0) is 9.23. The van der Waals surface area contributed by atoms with Crippen LogP contribution in [0.3, 0.4) is 0 Å². The van der Waals surface area contributed by atoms with Gasteiger partial charge >= 0.3 is 25.6 Å². The van der Waals surface area contributed by atoms with Crippen molar-refractivity contribution in [3.05, 3.63) is 35.9 Å². The maximum absolute atomic E-state index is 8.34. The van der Waals surface area contributed by atoms with E-state index in [1.54, 1.807) is 0 Å². The molecule has 0 unspecified atom stereocenters. The van der Waals surface area contributed by atoms with Crippen molar-refractivity contribution in [3.8, 4) is 0 Å². The van der Waals surface area contributed by atoms with E-state index in [-0.39, 0.29) is 0 Å². The predicted octanol–water partition coefficient (Wildman–Crippen LogP) is 2.53. The molecule has 2 heteroatoms. The van der Waals surface area contributed by atoms with Gasteiger partial charge in [0.15, 0.2) is 0 Å². The fourth-order valence-electron chi connectivity index (χ4n) is 1.03. The summed E-state index contributed by atoms with van der Waals surface area (Å²) in [6.45, 7) is 2.23. The molecule has 0 aliphatic heterocycles. The first-order valence-electron chi connectivity index (χ1n) is 4.18. The molecule has 1 nitrogen and oxygen atoms in total. The SMILES string of the molecule is CCCCc1ccccc1.[O]=[Sn]. The second-order valence-electron chi connectivity index (χ2n) is 2.59. The molecule has 0 fully saturated rings. The van der Waals surface area contributed by atoms with Crippen molar-refractivity contribution in [1.82, 2.24) is 0 Å². The van der Waals surface area contributed by atoms with Gasteiger partial charge in [-0.1, -0.05) is 43.7 Å². The summed E-state index contributed by atoms with van der Waals surface area (Å²) in [6.07, 6.45) is 3.83. The number of hydrogen-bond acceptors (Lipinski definition) is 1. The summed E-state index contributed by atoms with van der Waals surface area (Å²) in [5, 5.41) is 0. The van der Waals surface area contributed by atoms with E-state index in [4.69, 9.17) is 3.08 Å². The minimum absolute atomic E-state index is 0.300. The molecule has 0 N–H and O–H groups in total. The minimum atomic E-state index is 0.300. The molecule has 0 spiro atoms. The molecule has 1 aromatic rings. The average Bonchev–Trinajstić information content (AvgIpc) is 2.19. The number of benzene rings is 1. The fourth-order valence-corrected chi connectivity index (χ4v) is 1.03. The van der Waals surface area contributed by atoms with Gasteiger partial charge in [-0.2, -0.15) is 0 Å². The van der Waals surface area contributed by atoms with Gasteiger partial charge in [-0.05, 0) is 18.4 Å². The third-order valence-electron chi connectivity index (χ3n) is 1.66. The second kappa shape index (κ2) is 8.91. The van der Waals surface area contributed by atoms with Gasteiger partial charge in [0.25, 0.3) is 0 Å². The van der Waals surface area contributed by atoms with Crippen molar-refractivity contribution < 1.29 is 3.08 Å². The molecular formula is C10H14OSn. The average molecular weight is 269 g/mol. The first-order valence-corrected chi connectivity index (χ1v) is 5.34. The van der Waals surface area contributed by atoms with Crippen LogP contribution in [0.15, 0.2) is 30.3 Å². The normalized spacial score (nSPS) is 8.42. The van der Waals surface area contributed by atoms with Crippen molar-refractivity contribution in [1.29, 1.82) is 0 Å². The zero-order valence-corrected chi connectivity index (χ0v) is 10.3. The number of aryl methyl sites for hydroxylation is 1. The topological polar surface area (TPSA) is 17.1 Å². The van der Waals surface area contributed by atoms with Gasteiger partial charge in [0.1, 0.15) is 0 Å². The molecule has 0 aliphatic rings. The Hall–Kier alpha value is -0.181. The van der Waals surface area contributed by atoms with Crippen molar-refractivity contribution >= 4 is 22.5 Å². The fraction of sp³-hybridized carbons (Fsp3) is 0.400. The number of unbranched alkanes of at least 4 members (excludes halogenated alkanes) is 1. The molecule has 12 heavy (non-hydrogen) atoms. The second-order valence-corrected chi connectivity index (χ2v) is 2.59. The Bertz CT molecular complexity index is 186. The summed E-state index contributed by atoms with van der Waals surface area (Å²) in [5.74, 6) is 0. The van der Waals surface area contributed by atoms with Crippen LogP contribution >= 0.6 is 0 Å². The van der Waals surface area contributed by atoms with E-state index in [0.717, 1.165) is 0 Å². The summed E-state index contributed by atoms with van der Waals surface area (Å²) in [5.41, 5.74) is 1.46. The maximum atomic E-state index is 8.34. The Morgan fingerprint density at radius 2 is 1.75 bits per heavy atom. The van der Waals surface area contributed by atoms with E-state index in [9.17, 15) is 0 Å². The standard InChI is InChI=1S/C10H14.O.Sn/c1-2-3-7-10-8-5-4-6-9-10;;/h4-6,8-9H,2-3,7H2,1H3;;. The molecule has 64 valence electrons. The van der Waals surface area contributed by atoms with Gasteiger partial charge in [0, 0.05) is 0 Å². The summed E-state index contributed by atoms with van der Waals surface area (Å²) in [7, 11) is 0. The first kappa shape index (κ1) is 11.8. The molecule has 0 atom stereocenters. The van der Waals surface area contributed by atoms with Gasteiger partial charge < -0.3 is 0 Å². The van der Waals surface area contributed by atoms with Crippen LogP contribution in [0.25, 0.3) is 0 Å². The van der Waals surface area contributed by atoms with E-state index >= 15 is 0 Å². The monoisotopic (exact) mass is 270 g/mol. The Kier molecular flexibility index (Phi) is 8.78. The van der Waals surface area contributed by atoms with Gasteiger partial charge in [-0.25, -0.2) is 0 Å². The zero-order valence-electron chi connectivity index (χ0n) is 7.42. The molecule has 1 rings (SSSR count). The van der Waals surface area contributed by atoms with Gasteiger partial charge in [0.05, 0.1) is 0 Å². The van der Waals surface area contributed by atoms with Gasteiger partial charge in [-0.3, -0.25) is 0 Å². The number of rotatable bonds is 3. The molecule has 0 amide bonds. The Morgan fingerprint density at radius 1 is 1.17 bits per heavy atom. The first-order chi connectivity index (χ1) is 5.93. The van der Waals surface area contributed by atoms with Crippen molar-refractivity contribution in [2.75, 3.05) is 0 Å². The molecule has 0 saturated heterocycles. The van der Waals surface area contributed by atoms with Crippen LogP contribution in [-0.4, -0.2) is 22.5 Å². The Labute approximate surface area is 87.7 Å². The molecule has 0 saturated carbocycles. The van der Waals surface area contributed by atoms with Crippen LogP contribution in [0.5, 0.6) is 0 Å². The third-order valence-corrected chi connectivity index (χ3v) is 1.66. The van der Waals surface area contributed by atoms with E-state index in [0.29, 0.717) is 22.5 Å². The van der Waals surface area contributed by atoms with E-state index in [2.05, 4.69) is 37.3 Å². The van der Waals surface area contributed by atoms with E-state index in [1.807, 2.05) is 0 Å². The van der Waals surface area contributed by atoms with Crippen LogP contribution in [0.1, 0.15) is 25.3 Å².